The highest BCUT2D eigenvalue weighted by Gasteiger charge is 2.00. The predicted octanol–water partition coefficient (Wildman–Crippen LogP) is 4.55. The highest BCUT2D eigenvalue weighted by Crippen LogP contribution is 2.17. The molecule has 0 heterocycles. The number of thioether (sulfide) groups is 1. The summed E-state index contributed by atoms with van der Waals surface area (Å²) in [5, 5.41) is 11.4. The van der Waals surface area contributed by atoms with Crippen LogP contribution in [0.25, 0.3) is 5.76 Å². The molecule has 0 fully saturated rings. The normalized spacial score (nSPS) is 11.1. The topological polar surface area (TPSA) is 20.2 Å². The molecular weight excluding hydrogens is 292 g/mol. The van der Waals surface area contributed by atoms with Crippen molar-refractivity contribution in [3.8, 4) is 0 Å². The van der Waals surface area contributed by atoms with Crippen LogP contribution in [0.1, 0.15) is 5.56 Å². The van der Waals surface area contributed by atoms with Crippen LogP contribution in [0.5, 0.6) is 0 Å². The molecule has 0 saturated carbocycles. The van der Waals surface area contributed by atoms with Gasteiger partial charge in [-0.05, 0) is 17.5 Å². The summed E-state index contributed by atoms with van der Waals surface area (Å²) in [7, 11) is 0. The number of halogens is 1. The van der Waals surface area contributed by atoms with E-state index in [1.165, 1.54) is 11.8 Å². The number of aliphatic hydroxyl groups excluding tert-OH is 1. The van der Waals surface area contributed by atoms with Crippen molar-refractivity contribution in [1.29, 1.82) is 0 Å². The molecule has 15 heavy (non-hydrogen) atoms. The molecule has 0 amide bonds. The standard InChI is InChI=1S/C11H9BrOS2/c1-2-15-11(14)7-10(13)8-3-5-9(12)6-4-8/h2-7,13H,1H2/b10-7-. The quantitative estimate of drug-likeness (QED) is 0.502. The summed E-state index contributed by atoms with van der Waals surface area (Å²) in [6, 6.07) is 7.36. The van der Waals surface area contributed by atoms with Gasteiger partial charge in [-0.25, -0.2) is 0 Å². The Hall–Kier alpha value is -0.580. The van der Waals surface area contributed by atoms with Crippen LogP contribution in [-0.2, 0) is 0 Å². The van der Waals surface area contributed by atoms with Crippen molar-refractivity contribution in [3.63, 3.8) is 0 Å². The number of rotatable bonds is 3. The predicted molar refractivity (Wildman–Crippen MR) is 75.1 cm³/mol. The van der Waals surface area contributed by atoms with Crippen LogP contribution >= 0.6 is 39.9 Å². The Morgan fingerprint density at radius 1 is 1.40 bits per heavy atom. The summed E-state index contributed by atoms with van der Waals surface area (Å²) in [6.45, 7) is 3.55. The lowest BCUT2D eigenvalue weighted by molar-refractivity contribution is 0.512. The van der Waals surface area contributed by atoms with Crippen LogP contribution in [-0.4, -0.2) is 9.30 Å². The van der Waals surface area contributed by atoms with Gasteiger partial charge in [-0.15, -0.1) is 0 Å². The summed E-state index contributed by atoms with van der Waals surface area (Å²) in [5.74, 6) is 0.168. The van der Waals surface area contributed by atoms with Crippen molar-refractivity contribution >= 4 is 49.9 Å². The maximum atomic E-state index is 9.72. The minimum Gasteiger partial charge on any atom is -0.507 e. The summed E-state index contributed by atoms with van der Waals surface area (Å²) in [6.07, 6.45) is 1.55. The maximum Gasteiger partial charge on any atom is 0.124 e. The van der Waals surface area contributed by atoms with Gasteiger partial charge >= 0.3 is 0 Å². The van der Waals surface area contributed by atoms with Crippen molar-refractivity contribution in [2.75, 3.05) is 0 Å². The molecule has 1 aromatic rings. The first-order valence-electron chi connectivity index (χ1n) is 4.11. The number of hydrogen-bond donors (Lipinski definition) is 1. The second kappa shape index (κ2) is 6.10. The first-order valence-corrected chi connectivity index (χ1v) is 6.19. The number of thiocarbonyl (C=S) groups is 1. The molecule has 0 aliphatic heterocycles. The molecule has 1 N–H and O–H groups in total. The van der Waals surface area contributed by atoms with Crippen molar-refractivity contribution in [2.45, 2.75) is 0 Å². The molecule has 0 spiro atoms. The van der Waals surface area contributed by atoms with E-state index in [-0.39, 0.29) is 5.76 Å². The molecule has 0 atom stereocenters. The van der Waals surface area contributed by atoms with Crippen LogP contribution in [0.4, 0.5) is 0 Å². The van der Waals surface area contributed by atoms with E-state index in [4.69, 9.17) is 12.2 Å². The summed E-state index contributed by atoms with van der Waals surface area (Å²) < 4.78 is 1.56. The zero-order valence-electron chi connectivity index (χ0n) is 7.81. The Balaban J connectivity index is 2.84. The zero-order valence-corrected chi connectivity index (χ0v) is 11.0. The third kappa shape index (κ3) is 4.20. The molecule has 0 saturated heterocycles. The molecule has 0 unspecified atom stereocenters. The van der Waals surface area contributed by atoms with E-state index >= 15 is 0 Å². The fourth-order valence-electron chi connectivity index (χ4n) is 0.932. The Kier molecular flexibility index (Phi) is 5.08. The minimum atomic E-state index is 0.168. The zero-order chi connectivity index (χ0) is 11.3. The first-order chi connectivity index (χ1) is 7.13. The van der Waals surface area contributed by atoms with Gasteiger partial charge in [-0.1, -0.05) is 58.6 Å². The average molecular weight is 301 g/mol. The molecule has 4 heteroatoms. The van der Waals surface area contributed by atoms with Gasteiger partial charge in [-0.3, -0.25) is 0 Å². The Bertz CT molecular complexity index is 396. The van der Waals surface area contributed by atoms with E-state index in [2.05, 4.69) is 22.5 Å². The fourth-order valence-corrected chi connectivity index (χ4v) is 1.86. The van der Waals surface area contributed by atoms with E-state index in [1.807, 2.05) is 24.3 Å². The van der Waals surface area contributed by atoms with Crippen LogP contribution < -0.4 is 0 Å². The summed E-state index contributed by atoms with van der Waals surface area (Å²) in [5.41, 5.74) is 0.741. The van der Waals surface area contributed by atoms with E-state index in [0.717, 1.165) is 10.0 Å². The minimum absolute atomic E-state index is 0.168. The lowest BCUT2D eigenvalue weighted by atomic mass is 10.2. The van der Waals surface area contributed by atoms with Gasteiger partial charge in [0.25, 0.3) is 0 Å². The Labute approximate surface area is 107 Å². The van der Waals surface area contributed by atoms with Gasteiger partial charge in [0.2, 0.25) is 0 Å². The molecular formula is C11H9BrOS2. The van der Waals surface area contributed by atoms with Gasteiger partial charge in [0.1, 0.15) is 5.76 Å². The fraction of sp³-hybridized carbons (Fsp3) is 0. The number of hydrogen-bond acceptors (Lipinski definition) is 3. The van der Waals surface area contributed by atoms with E-state index < -0.39 is 0 Å². The lowest BCUT2D eigenvalue weighted by Gasteiger charge is -2.00. The van der Waals surface area contributed by atoms with E-state index in [1.54, 1.807) is 11.5 Å². The third-order valence-corrected chi connectivity index (χ3v) is 3.05. The van der Waals surface area contributed by atoms with Gasteiger partial charge in [0.05, 0.1) is 4.20 Å². The van der Waals surface area contributed by atoms with Gasteiger partial charge in [-0.2, -0.15) is 0 Å². The monoisotopic (exact) mass is 300 g/mol. The van der Waals surface area contributed by atoms with Crippen LogP contribution in [0.15, 0.2) is 46.8 Å². The molecule has 78 valence electrons. The lowest BCUT2D eigenvalue weighted by Crippen LogP contribution is -1.86. The SMILES string of the molecule is C=CSC(=S)/C=C(\O)c1ccc(Br)cc1. The molecule has 0 aliphatic rings. The molecule has 0 bridgehead atoms. The van der Waals surface area contributed by atoms with Crippen LogP contribution in [0.3, 0.4) is 0 Å². The highest BCUT2D eigenvalue weighted by atomic mass is 79.9. The summed E-state index contributed by atoms with van der Waals surface area (Å²) in [4.78, 5) is 0. The van der Waals surface area contributed by atoms with Crippen molar-refractivity contribution < 1.29 is 5.11 Å². The maximum absolute atomic E-state index is 9.72. The van der Waals surface area contributed by atoms with Crippen molar-refractivity contribution in [3.05, 3.63) is 52.4 Å². The molecule has 1 nitrogen and oxygen atoms in total. The number of benzene rings is 1. The highest BCUT2D eigenvalue weighted by molar-refractivity contribution is 9.10. The van der Waals surface area contributed by atoms with Gasteiger partial charge in [0.15, 0.2) is 0 Å². The van der Waals surface area contributed by atoms with E-state index in [0.29, 0.717) is 4.20 Å². The smallest absolute Gasteiger partial charge is 0.124 e. The average Bonchev–Trinajstić information content (AvgIpc) is 2.18. The molecule has 0 aromatic heterocycles. The second-order valence-electron chi connectivity index (χ2n) is 2.64. The van der Waals surface area contributed by atoms with Crippen LogP contribution in [0.2, 0.25) is 0 Å². The molecule has 1 aromatic carbocycles. The van der Waals surface area contributed by atoms with Gasteiger partial charge < -0.3 is 5.11 Å². The van der Waals surface area contributed by atoms with Crippen LogP contribution in [0, 0.1) is 0 Å². The molecule has 1 rings (SSSR count). The Morgan fingerprint density at radius 2 is 2.00 bits per heavy atom. The Morgan fingerprint density at radius 3 is 2.53 bits per heavy atom. The van der Waals surface area contributed by atoms with Crippen molar-refractivity contribution in [1.82, 2.24) is 0 Å². The first kappa shape index (κ1) is 12.5. The van der Waals surface area contributed by atoms with E-state index in [9.17, 15) is 5.11 Å². The van der Waals surface area contributed by atoms with Gasteiger partial charge in [0, 0.05) is 16.1 Å². The third-order valence-electron chi connectivity index (χ3n) is 1.59. The van der Waals surface area contributed by atoms with Crippen molar-refractivity contribution in [2.24, 2.45) is 0 Å². The number of aliphatic hydroxyl groups is 1. The summed E-state index contributed by atoms with van der Waals surface area (Å²) >= 11 is 9.63. The molecule has 0 radical (unpaired) electrons. The second-order valence-corrected chi connectivity index (χ2v) is 5.26. The largest absolute Gasteiger partial charge is 0.507 e. The molecule has 0 aliphatic carbocycles.